The Labute approximate surface area is 208 Å². The summed E-state index contributed by atoms with van der Waals surface area (Å²) in [6, 6.07) is 13.3. The number of hydrogen-bond donors (Lipinski definition) is 0. The van der Waals surface area contributed by atoms with Crippen LogP contribution in [0.25, 0.3) is 0 Å². The molecule has 8 nitrogen and oxygen atoms in total. The summed E-state index contributed by atoms with van der Waals surface area (Å²) < 4.78 is 6.32. The molecule has 2 aromatic carbocycles. The molecule has 0 unspecified atom stereocenters. The molecular formula is C28H26N4O4. The van der Waals surface area contributed by atoms with Gasteiger partial charge in [0.15, 0.2) is 0 Å². The molecule has 2 bridgehead atoms. The van der Waals surface area contributed by atoms with Gasteiger partial charge in [0.05, 0.1) is 35.8 Å². The van der Waals surface area contributed by atoms with E-state index in [9.17, 15) is 14.9 Å². The number of piperidine rings is 2. The summed E-state index contributed by atoms with van der Waals surface area (Å²) in [7, 11) is 0. The van der Waals surface area contributed by atoms with Crippen LogP contribution in [0.4, 0.5) is 17.1 Å². The zero-order valence-electron chi connectivity index (χ0n) is 19.7. The van der Waals surface area contributed by atoms with Gasteiger partial charge in [-0.05, 0) is 66.8 Å². The van der Waals surface area contributed by atoms with Crippen molar-refractivity contribution in [1.82, 2.24) is 4.90 Å². The van der Waals surface area contributed by atoms with Crippen molar-refractivity contribution < 1.29 is 14.5 Å². The maximum absolute atomic E-state index is 13.6. The fraction of sp³-hybridized carbons (Fsp3) is 0.429. The highest BCUT2D eigenvalue weighted by Crippen LogP contribution is 2.66. The number of non-ortho nitro benzene ring substituents is 1. The Kier molecular flexibility index (Phi) is 4.11. The second-order valence-corrected chi connectivity index (χ2v) is 11.1. The number of nitro groups is 1. The molecule has 182 valence electrons. The van der Waals surface area contributed by atoms with Crippen LogP contribution in [0, 0.1) is 22.0 Å². The first-order valence-corrected chi connectivity index (χ1v) is 12.8. The monoisotopic (exact) mass is 482 g/mol. The molecule has 4 fully saturated rings. The minimum absolute atomic E-state index is 0.00332. The van der Waals surface area contributed by atoms with Crippen LogP contribution in [0.2, 0.25) is 0 Å². The summed E-state index contributed by atoms with van der Waals surface area (Å²) in [4.78, 5) is 33.6. The van der Waals surface area contributed by atoms with Gasteiger partial charge in [-0.3, -0.25) is 24.8 Å². The fourth-order valence-electron chi connectivity index (χ4n) is 8.45. The van der Waals surface area contributed by atoms with Crippen LogP contribution in [0.15, 0.2) is 59.1 Å². The maximum Gasteiger partial charge on any atom is 0.269 e. The molecule has 5 aliphatic heterocycles. The quantitative estimate of drug-likeness (QED) is 0.288. The summed E-state index contributed by atoms with van der Waals surface area (Å²) in [5, 5.41) is 10.9. The summed E-state index contributed by atoms with van der Waals surface area (Å²) in [6.45, 7) is 2.70. The number of rotatable bonds is 3. The predicted octanol–water partition coefficient (Wildman–Crippen LogP) is 3.75. The minimum Gasteiger partial charge on any atom is -0.373 e. The maximum atomic E-state index is 13.6. The second-order valence-electron chi connectivity index (χ2n) is 11.1. The zero-order chi connectivity index (χ0) is 24.2. The van der Waals surface area contributed by atoms with E-state index in [1.54, 1.807) is 18.3 Å². The van der Waals surface area contributed by atoms with E-state index in [-0.39, 0.29) is 29.2 Å². The number of hydrogen-bond acceptors (Lipinski definition) is 6. The molecule has 1 aliphatic carbocycles. The molecule has 6 aliphatic rings. The van der Waals surface area contributed by atoms with E-state index in [1.807, 2.05) is 6.07 Å². The molecule has 0 aromatic heterocycles. The van der Waals surface area contributed by atoms with Gasteiger partial charge in [-0.25, -0.2) is 0 Å². The molecule has 36 heavy (non-hydrogen) atoms. The predicted molar refractivity (Wildman–Crippen MR) is 134 cm³/mol. The van der Waals surface area contributed by atoms with Crippen LogP contribution in [0.3, 0.4) is 0 Å². The van der Waals surface area contributed by atoms with Crippen LogP contribution >= 0.6 is 0 Å². The van der Waals surface area contributed by atoms with Crippen molar-refractivity contribution in [2.24, 2.45) is 16.8 Å². The molecule has 1 saturated carbocycles. The molecular weight excluding hydrogens is 456 g/mol. The van der Waals surface area contributed by atoms with Crippen molar-refractivity contribution >= 4 is 29.2 Å². The molecule has 3 saturated heterocycles. The summed E-state index contributed by atoms with van der Waals surface area (Å²) in [5.41, 5.74) is 5.49. The number of aliphatic imine (C=N–C) groups is 1. The molecule has 0 radical (unpaired) electrons. The SMILES string of the molecule is O=C1C[C@@H]2OCC=C3CN4CC[C@]56c7cc(N=Cc8ccc([N+](=O)[O-])cc8)ccc7N1[C@H]5[C@H]2[C@H]3C[C@@H]46. The topological polar surface area (TPSA) is 88.3 Å². The number of nitro benzene ring substituents is 1. The lowest BCUT2D eigenvalue weighted by Crippen LogP contribution is -2.69. The average molecular weight is 483 g/mol. The molecule has 8 rings (SSSR count). The summed E-state index contributed by atoms with van der Waals surface area (Å²) in [6.07, 6.45) is 6.70. The number of carbonyl (C=O) groups excluding carboxylic acids is 1. The molecule has 5 heterocycles. The van der Waals surface area contributed by atoms with Crippen LogP contribution in [-0.2, 0) is 14.9 Å². The standard InChI is InChI=1S/C28H26N4O4/c33-25-13-23-26-20-12-24-28(8-9-30(24)15-17(20)7-10-36-23)21-11-18(3-6-22(21)31(25)27(26)28)29-14-16-1-4-19(5-2-16)32(34)35/h1-7,11,14,20,23-24,26-27H,8-10,12-13,15H2/t20-,23-,24+,26-,27-,28+/m0/s1. The zero-order valence-corrected chi connectivity index (χ0v) is 19.7. The summed E-state index contributed by atoms with van der Waals surface area (Å²) in [5.74, 6) is 1.02. The highest BCUT2D eigenvalue weighted by Gasteiger charge is 2.71. The van der Waals surface area contributed by atoms with Crippen LogP contribution in [0.1, 0.15) is 30.4 Å². The van der Waals surface area contributed by atoms with Crippen molar-refractivity contribution in [2.45, 2.75) is 42.9 Å². The van der Waals surface area contributed by atoms with Gasteiger partial charge in [-0.15, -0.1) is 0 Å². The first-order valence-electron chi connectivity index (χ1n) is 12.8. The smallest absolute Gasteiger partial charge is 0.269 e. The number of amides is 1. The molecule has 1 amide bonds. The van der Waals surface area contributed by atoms with Gasteiger partial charge in [0.25, 0.3) is 5.69 Å². The van der Waals surface area contributed by atoms with Crippen molar-refractivity contribution in [2.75, 3.05) is 24.6 Å². The van der Waals surface area contributed by atoms with Gasteiger partial charge in [-0.2, -0.15) is 0 Å². The first-order chi connectivity index (χ1) is 17.5. The van der Waals surface area contributed by atoms with Gasteiger partial charge in [0.2, 0.25) is 5.91 Å². The number of fused-ring (bicyclic) bond motifs is 2. The van der Waals surface area contributed by atoms with E-state index in [0.29, 0.717) is 30.9 Å². The van der Waals surface area contributed by atoms with Gasteiger partial charge in [0, 0.05) is 48.0 Å². The largest absolute Gasteiger partial charge is 0.373 e. The lowest BCUT2D eigenvalue weighted by atomic mass is 9.53. The van der Waals surface area contributed by atoms with Crippen molar-refractivity contribution in [1.29, 1.82) is 0 Å². The van der Waals surface area contributed by atoms with Gasteiger partial charge in [0.1, 0.15) is 0 Å². The number of benzene rings is 2. The third-order valence-electron chi connectivity index (χ3n) is 9.76. The molecule has 6 atom stereocenters. The third kappa shape index (κ3) is 2.56. The van der Waals surface area contributed by atoms with E-state index in [2.05, 4.69) is 28.0 Å². The van der Waals surface area contributed by atoms with Gasteiger partial charge < -0.3 is 9.64 Å². The number of anilines is 1. The van der Waals surface area contributed by atoms with Crippen LogP contribution in [-0.4, -0.2) is 59.8 Å². The Morgan fingerprint density at radius 2 is 2.06 bits per heavy atom. The third-order valence-corrected chi connectivity index (χ3v) is 9.76. The van der Waals surface area contributed by atoms with E-state index in [4.69, 9.17) is 9.73 Å². The highest BCUT2D eigenvalue weighted by atomic mass is 16.6. The van der Waals surface area contributed by atoms with Gasteiger partial charge in [-0.1, -0.05) is 11.6 Å². The van der Waals surface area contributed by atoms with Crippen molar-refractivity contribution in [3.63, 3.8) is 0 Å². The van der Waals surface area contributed by atoms with Crippen LogP contribution in [0.5, 0.6) is 0 Å². The molecule has 0 N–H and O–H groups in total. The van der Waals surface area contributed by atoms with Crippen molar-refractivity contribution in [3.05, 3.63) is 75.4 Å². The molecule has 1 spiro atoms. The number of nitrogens with zero attached hydrogens (tertiary/aromatic N) is 4. The first kappa shape index (κ1) is 20.8. The summed E-state index contributed by atoms with van der Waals surface area (Å²) >= 11 is 0. The van der Waals surface area contributed by atoms with E-state index >= 15 is 0 Å². The van der Waals surface area contributed by atoms with E-state index in [0.717, 1.165) is 42.9 Å². The van der Waals surface area contributed by atoms with E-state index in [1.165, 1.54) is 23.3 Å². The Morgan fingerprint density at radius 1 is 1.19 bits per heavy atom. The number of carbonyl (C=O) groups is 1. The van der Waals surface area contributed by atoms with E-state index < -0.39 is 4.92 Å². The highest BCUT2D eigenvalue weighted by molar-refractivity contribution is 5.99. The average Bonchev–Trinajstić information content (AvgIpc) is 3.35. The fourth-order valence-corrected chi connectivity index (χ4v) is 8.45. The Balaban J connectivity index is 1.23. The lowest BCUT2D eigenvalue weighted by molar-refractivity contribution is -0.384. The Bertz CT molecular complexity index is 1380. The minimum atomic E-state index is -0.399. The van der Waals surface area contributed by atoms with Crippen molar-refractivity contribution in [3.8, 4) is 0 Å². The Hall–Kier alpha value is -3.36. The van der Waals surface area contributed by atoms with Gasteiger partial charge >= 0.3 is 0 Å². The number of ether oxygens (including phenoxy) is 1. The lowest BCUT2D eigenvalue weighted by Gasteiger charge is -2.58. The molecule has 8 heteroatoms. The molecule has 2 aromatic rings. The Morgan fingerprint density at radius 3 is 2.89 bits per heavy atom. The van der Waals surface area contributed by atoms with Crippen LogP contribution < -0.4 is 4.90 Å². The second kappa shape index (κ2) is 7.11. The normalized spacial score (nSPS) is 35.6.